The van der Waals surface area contributed by atoms with Crippen LogP contribution in [0, 0.1) is 0 Å². The molecule has 0 atom stereocenters. The van der Waals surface area contributed by atoms with Crippen LogP contribution >= 0.6 is 0 Å². The minimum absolute atomic E-state index is 0.170. The fourth-order valence-electron chi connectivity index (χ4n) is 1.87. The average molecular weight is 256 g/mol. The van der Waals surface area contributed by atoms with E-state index in [0.717, 1.165) is 5.57 Å². The Bertz CT molecular complexity index is 277. The van der Waals surface area contributed by atoms with Crippen molar-refractivity contribution in [1.29, 1.82) is 0 Å². The highest BCUT2D eigenvalue weighted by atomic mass is 28.3. The van der Waals surface area contributed by atoms with Gasteiger partial charge in [0.1, 0.15) is 5.60 Å². The van der Waals surface area contributed by atoms with E-state index in [-0.39, 0.29) is 5.97 Å². The van der Waals surface area contributed by atoms with E-state index in [1.807, 2.05) is 27.7 Å². The Balaban J connectivity index is 4.77. The van der Waals surface area contributed by atoms with Gasteiger partial charge in [-0.2, -0.15) is 0 Å². The third-order valence-electron chi connectivity index (χ3n) is 2.70. The molecule has 0 aliphatic heterocycles. The van der Waals surface area contributed by atoms with Gasteiger partial charge in [0, 0.05) is 5.57 Å². The van der Waals surface area contributed by atoms with Crippen molar-refractivity contribution >= 4 is 14.8 Å². The van der Waals surface area contributed by atoms with Crippen LogP contribution in [-0.4, -0.2) is 20.4 Å². The predicted molar refractivity (Wildman–Crippen MR) is 76.9 cm³/mol. The molecule has 0 fully saturated rings. The van der Waals surface area contributed by atoms with Gasteiger partial charge in [0.2, 0.25) is 0 Å². The van der Waals surface area contributed by atoms with Gasteiger partial charge < -0.3 is 4.74 Å². The first-order valence-corrected chi connectivity index (χ1v) is 8.46. The summed E-state index contributed by atoms with van der Waals surface area (Å²) in [7, 11) is -1.03. The number of rotatable bonds is 4. The fourth-order valence-corrected chi connectivity index (χ4v) is 4.89. The highest BCUT2D eigenvalue weighted by Gasteiger charge is 2.21. The summed E-state index contributed by atoms with van der Waals surface area (Å²) in [5.74, 6) is -0.170. The smallest absolute Gasteiger partial charge is 0.333 e. The first kappa shape index (κ1) is 16.4. The molecule has 0 aliphatic carbocycles. The molecule has 0 aromatic heterocycles. The molecule has 100 valence electrons. The number of esters is 1. The van der Waals surface area contributed by atoms with E-state index in [0.29, 0.717) is 11.1 Å². The summed E-state index contributed by atoms with van der Waals surface area (Å²) in [6, 6.07) is 0. The Morgan fingerprint density at radius 2 is 1.53 bits per heavy atom. The second-order valence-corrected chi connectivity index (χ2v) is 10.6. The molecule has 0 spiro atoms. The molecule has 0 bridgehead atoms. The molecule has 0 aromatic carbocycles. The third-order valence-corrected chi connectivity index (χ3v) is 6.67. The Morgan fingerprint density at radius 3 is 1.82 bits per heavy atom. The van der Waals surface area contributed by atoms with Crippen LogP contribution in [-0.2, 0) is 9.53 Å². The van der Waals surface area contributed by atoms with Gasteiger partial charge in [0.25, 0.3) is 0 Å². The van der Waals surface area contributed by atoms with E-state index < -0.39 is 14.4 Å². The van der Waals surface area contributed by atoms with Crippen molar-refractivity contribution in [3.63, 3.8) is 0 Å². The molecule has 17 heavy (non-hydrogen) atoms. The van der Waals surface area contributed by atoms with E-state index >= 15 is 0 Å². The lowest BCUT2D eigenvalue weighted by Crippen LogP contribution is -2.26. The molecule has 0 unspecified atom stereocenters. The number of hydrogen-bond donors (Lipinski definition) is 0. The molecule has 0 amide bonds. The maximum atomic E-state index is 11.9. The summed E-state index contributed by atoms with van der Waals surface area (Å²) in [6.45, 7) is 16.6. The molecule has 0 N–H and O–H groups in total. The van der Waals surface area contributed by atoms with E-state index in [2.05, 4.69) is 33.4 Å². The van der Waals surface area contributed by atoms with Gasteiger partial charge in [0.15, 0.2) is 0 Å². The summed E-state index contributed by atoms with van der Waals surface area (Å²) < 4.78 is 5.37. The van der Waals surface area contributed by atoms with Gasteiger partial charge in [-0.3, -0.25) is 0 Å². The number of carbonyl (C=O) groups is 1. The Labute approximate surface area is 108 Å². The Hall–Kier alpha value is -0.573. The van der Waals surface area contributed by atoms with Crippen molar-refractivity contribution in [2.24, 2.45) is 0 Å². The monoisotopic (exact) mass is 256 g/mol. The van der Waals surface area contributed by atoms with Crippen LogP contribution in [0.15, 0.2) is 11.3 Å². The lowest BCUT2D eigenvalue weighted by atomic mass is 10.2. The van der Waals surface area contributed by atoms with Crippen LogP contribution in [0.3, 0.4) is 0 Å². The topological polar surface area (TPSA) is 26.3 Å². The van der Waals surface area contributed by atoms with Gasteiger partial charge in [-0.15, -0.1) is 0 Å². The summed E-state index contributed by atoms with van der Waals surface area (Å²) in [6.07, 6.45) is 0. The molecule has 3 heteroatoms. The normalized spacial score (nSPS) is 13.7. The van der Waals surface area contributed by atoms with Crippen molar-refractivity contribution in [2.45, 2.75) is 72.1 Å². The second kappa shape index (κ2) is 6.38. The summed E-state index contributed by atoms with van der Waals surface area (Å²) in [5.41, 5.74) is 3.92. The molecule has 0 aliphatic rings. The van der Waals surface area contributed by atoms with Crippen LogP contribution in [0.25, 0.3) is 0 Å². The standard InChI is InChI=1S/C14H28O2Si/c1-10(2)17(11(3)4)9-12(5)13(15)16-14(6,7)8/h9-11,17H,1-8H3. The van der Waals surface area contributed by atoms with Crippen LogP contribution in [0.1, 0.15) is 55.4 Å². The lowest BCUT2D eigenvalue weighted by Gasteiger charge is -2.22. The number of carbonyl (C=O) groups excluding carboxylic acids is 1. The first-order valence-electron chi connectivity index (χ1n) is 6.46. The maximum absolute atomic E-state index is 11.9. The van der Waals surface area contributed by atoms with E-state index in [4.69, 9.17) is 4.74 Å². The third kappa shape index (κ3) is 6.67. The van der Waals surface area contributed by atoms with Gasteiger partial charge in [-0.25, -0.2) is 4.79 Å². The SMILES string of the molecule is CC(=C[SiH](C(C)C)C(C)C)C(=O)OC(C)(C)C. The van der Waals surface area contributed by atoms with Crippen molar-refractivity contribution in [3.8, 4) is 0 Å². The van der Waals surface area contributed by atoms with E-state index in [1.54, 1.807) is 0 Å². The largest absolute Gasteiger partial charge is 0.457 e. The molecule has 0 heterocycles. The Morgan fingerprint density at radius 1 is 1.12 bits per heavy atom. The summed E-state index contributed by atoms with van der Waals surface area (Å²) in [4.78, 5) is 11.9. The van der Waals surface area contributed by atoms with Crippen molar-refractivity contribution < 1.29 is 9.53 Å². The highest BCUT2D eigenvalue weighted by Crippen LogP contribution is 2.22. The highest BCUT2D eigenvalue weighted by molar-refractivity contribution is 6.67. The summed E-state index contributed by atoms with van der Waals surface area (Å²) >= 11 is 0. The van der Waals surface area contributed by atoms with Crippen molar-refractivity contribution in [1.82, 2.24) is 0 Å². The van der Waals surface area contributed by atoms with E-state index in [1.165, 1.54) is 0 Å². The molecule has 0 saturated heterocycles. The molecule has 2 nitrogen and oxygen atoms in total. The minimum Gasteiger partial charge on any atom is -0.457 e. The zero-order valence-electron chi connectivity index (χ0n) is 12.6. The lowest BCUT2D eigenvalue weighted by molar-refractivity contribution is -0.149. The van der Waals surface area contributed by atoms with Gasteiger partial charge in [-0.1, -0.05) is 44.5 Å². The molecular weight excluding hydrogens is 228 g/mol. The molecule has 0 radical (unpaired) electrons. The van der Waals surface area contributed by atoms with Crippen LogP contribution < -0.4 is 0 Å². The van der Waals surface area contributed by atoms with E-state index in [9.17, 15) is 4.79 Å². The molecule has 0 aromatic rings. The zero-order valence-corrected chi connectivity index (χ0v) is 13.8. The van der Waals surface area contributed by atoms with Crippen LogP contribution in [0.4, 0.5) is 0 Å². The van der Waals surface area contributed by atoms with Gasteiger partial charge in [0.05, 0.1) is 8.80 Å². The maximum Gasteiger partial charge on any atom is 0.333 e. The first-order chi connectivity index (χ1) is 7.54. The zero-order chi connectivity index (χ0) is 13.8. The summed E-state index contributed by atoms with van der Waals surface area (Å²) in [5, 5.41) is 0. The molecule has 0 rings (SSSR count). The second-order valence-electron chi connectivity index (χ2n) is 6.42. The average Bonchev–Trinajstić information content (AvgIpc) is 2.09. The van der Waals surface area contributed by atoms with Crippen LogP contribution in [0.5, 0.6) is 0 Å². The van der Waals surface area contributed by atoms with Crippen LogP contribution in [0.2, 0.25) is 11.1 Å². The van der Waals surface area contributed by atoms with Gasteiger partial charge in [-0.05, 0) is 27.7 Å². The van der Waals surface area contributed by atoms with Crippen molar-refractivity contribution in [3.05, 3.63) is 11.3 Å². The predicted octanol–water partition coefficient (Wildman–Crippen LogP) is 3.86. The quantitative estimate of drug-likeness (QED) is 0.434. The number of ether oxygens (including phenoxy) is 1. The van der Waals surface area contributed by atoms with Gasteiger partial charge >= 0.3 is 5.97 Å². The number of hydrogen-bond acceptors (Lipinski definition) is 2. The molecule has 0 saturated carbocycles. The Kier molecular flexibility index (Phi) is 6.17. The van der Waals surface area contributed by atoms with Crippen molar-refractivity contribution in [2.75, 3.05) is 0 Å². The minimum atomic E-state index is -1.03. The fraction of sp³-hybridized carbons (Fsp3) is 0.786. The molecular formula is C14H28O2Si.